The first kappa shape index (κ1) is 13.7. The van der Waals surface area contributed by atoms with Crippen LogP contribution < -0.4 is 5.73 Å². The number of carbonyl (C=O) groups excluding carboxylic acids is 1. The Morgan fingerprint density at radius 3 is 2.68 bits per heavy atom. The van der Waals surface area contributed by atoms with E-state index in [0.29, 0.717) is 13.0 Å². The Hall–Kier alpha value is -1.74. The summed E-state index contributed by atoms with van der Waals surface area (Å²) in [6.45, 7) is 4.50. The Kier molecular flexibility index (Phi) is 4.27. The number of para-hydroxylation sites is 1. The number of fused-ring (bicyclic) bond motifs is 1. The molecule has 2 aromatic rings. The van der Waals surface area contributed by atoms with Gasteiger partial charge in [0.05, 0.1) is 5.52 Å². The van der Waals surface area contributed by atoms with E-state index in [9.17, 15) is 4.79 Å². The van der Waals surface area contributed by atoms with Crippen molar-refractivity contribution in [2.45, 2.75) is 20.3 Å². The number of ketones is 1. The van der Waals surface area contributed by atoms with Crippen LogP contribution in [-0.2, 0) is 11.2 Å². The second-order valence-corrected chi connectivity index (χ2v) is 5.22. The molecule has 1 aromatic heterocycles. The highest BCUT2D eigenvalue weighted by molar-refractivity contribution is 5.90. The molecule has 0 aliphatic carbocycles. The summed E-state index contributed by atoms with van der Waals surface area (Å²) in [6.07, 6.45) is 2.20. The first-order valence-corrected chi connectivity index (χ1v) is 6.69. The van der Waals surface area contributed by atoms with E-state index < -0.39 is 0 Å². The van der Waals surface area contributed by atoms with Gasteiger partial charge in [0.2, 0.25) is 0 Å². The van der Waals surface area contributed by atoms with Crippen molar-refractivity contribution in [3.05, 3.63) is 42.1 Å². The van der Waals surface area contributed by atoms with Crippen LogP contribution >= 0.6 is 0 Å². The van der Waals surface area contributed by atoms with Gasteiger partial charge in [-0.2, -0.15) is 0 Å². The average Bonchev–Trinajstić information content (AvgIpc) is 2.39. The van der Waals surface area contributed by atoms with E-state index in [0.717, 1.165) is 16.5 Å². The molecule has 100 valence electrons. The lowest BCUT2D eigenvalue weighted by atomic mass is 9.88. The monoisotopic (exact) mass is 256 g/mol. The Labute approximate surface area is 113 Å². The zero-order chi connectivity index (χ0) is 13.8. The molecule has 0 fully saturated rings. The summed E-state index contributed by atoms with van der Waals surface area (Å²) in [5.74, 6) is 0.436. The van der Waals surface area contributed by atoms with Gasteiger partial charge in [-0.05, 0) is 23.6 Å². The quantitative estimate of drug-likeness (QED) is 0.894. The van der Waals surface area contributed by atoms with Gasteiger partial charge in [0, 0.05) is 30.5 Å². The smallest absolute Gasteiger partial charge is 0.141 e. The highest BCUT2D eigenvalue weighted by Gasteiger charge is 2.21. The third-order valence-electron chi connectivity index (χ3n) is 3.58. The summed E-state index contributed by atoms with van der Waals surface area (Å²) < 4.78 is 0. The average molecular weight is 256 g/mol. The number of hydrogen-bond donors (Lipinski definition) is 1. The topological polar surface area (TPSA) is 56.0 Å². The molecule has 3 nitrogen and oxygen atoms in total. The second-order valence-electron chi connectivity index (χ2n) is 5.22. The van der Waals surface area contributed by atoms with Crippen molar-refractivity contribution in [2.75, 3.05) is 6.54 Å². The van der Waals surface area contributed by atoms with Gasteiger partial charge in [0.15, 0.2) is 0 Å². The minimum Gasteiger partial charge on any atom is -0.330 e. The highest BCUT2D eigenvalue weighted by Crippen LogP contribution is 2.20. The van der Waals surface area contributed by atoms with Crippen molar-refractivity contribution < 1.29 is 4.79 Å². The Balaban J connectivity index is 2.29. The van der Waals surface area contributed by atoms with Gasteiger partial charge >= 0.3 is 0 Å². The fourth-order valence-electron chi connectivity index (χ4n) is 2.40. The Bertz CT molecular complexity index is 572. The standard InChI is InChI=1S/C16H20N2O/c1-11(2)14(10-17)16(19)9-12-7-8-18-15-6-4-3-5-13(12)15/h3-8,11,14H,9-10,17H2,1-2H3. The van der Waals surface area contributed by atoms with E-state index in [4.69, 9.17) is 5.73 Å². The van der Waals surface area contributed by atoms with Gasteiger partial charge in [0.1, 0.15) is 5.78 Å². The highest BCUT2D eigenvalue weighted by atomic mass is 16.1. The summed E-state index contributed by atoms with van der Waals surface area (Å²) in [7, 11) is 0. The molecular weight excluding hydrogens is 236 g/mol. The lowest BCUT2D eigenvalue weighted by molar-refractivity contribution is -0.123. The molecule has 2 N–H and O–H groups in total. The molecule has 1 heterocycles. The van der Waals surface area contributed by atoms with Crippen molar-refractivity contribution in [3.63, 3.8) is 0 Å². The van der Waals surface area contributed by atoms with E-state index in [-0.39, 0.29) is 17.6 Å². The molecule has 0 aliphatic heterocycles. The molecular formula is C16H20N2O. The number of hydrogen-bond acceptors (Lipinski definition) is 3. The van der Waals surface area contributed by atoms with Crippen molar-refractivity contribution in [2.24, 2.45) is 17.6 Å². The third-order valence-corrected chi connectivity index (χ3v) is 3.58. The minimum atomic E-state index is -0.0630. The Morgan fingerprint density at radius 2 is 2.00 bits per heavy atom. The van der Waals surface area contributed by atoms with E-state index in [1.807, 2.05) is 44.2 Å². The lowest BCUT2D eigenvalue weighted by Gasteiger charge is -2.17. The lowest BCUT2D eigenvalue weighted by Crippen LogP contribution is -2.29. The number of nitrogens with zero attached hydrogens (tertiary/aromatic N) is 1. The number of pyridine rings is 1. The third kappa shape index (κ3) is 2.99. The van der Waals surface area contributed by atoms with Crippen molar-refractivity contribution in [1.29, 1.82) is 0 Å². The summed E-state index contributed by atoms with van der Waals surface area (Å²) in [5, 5.41) is 1.05. The van der Waals surface area contributed by atoms with Crippen LogP contribution in [0, 0.1) is 11.8 Å². The van der Waals surface area contributed by atoms with Crippen LogP contribution in [0.1, 0.15) is 19.4 Å². The van der Waals surface area contributed by atoms with Gasteiger partial charge in [0.25, 0.3) is 0 Å². The zero-order valence-corrected chi connectivity index (χ0v) is 11.5. The first-order chi connectivity index (χ1) is 9.13. The van der Waals surface area contributed by atoms with Crippen LogP contribution in [0.3, 0.4) is 0 Å². The first-order valence-electron chi connectivity index (χ1n) is 6.69. The number of rotatable bonds is 5. The summed E-state index contributed by atoms with van der Waals surface area (Å²) >= 11 is 0. The van der Waals surface area contributed by atoms with E-state index in [1.54, 1.807) is 6.20 Å². The molecule has 1 atom stereocenters. The second kappa shape index (κ2) is 5.93. The fraction of sp³-hybridized carbons (Fsp3) is 0.375. The largest absolute Gasteiger partial charge is 0.330 e. The summed E-state index contributed by atoms with van der Waals surface area (Å²) in [5.41, 5.74) is 7.68. The van der Waals surface area contributed by atoms with E-state index in [2.05, 4.69) is 4.98 Å². The maximum atomic E-state index is 12.3. The zero-order valence-electron chi connectivity index (χ0n) is 11.5. The summed E-state index contributed by atoms with van der Waals surface area (Å²) in [4.78, 5) is 16.6. The van der Waals surface area contributed by atoms with Gasteiger partial charge in [-0.3, -0.25) is 9.78 Å². The summed E-state index contributed by atoms with van der Waals surface area (Å²) in [6, 6.07) is 9.83. The maximum absolute atomic E-state index is 12.3. The van der Waals surface area contributed by atoms with Crippen molar-refractivity contribution >= 4 is 16.7 Å². The van der Waals surface area contributed by atoms with Crippen LogP contribution in [-0.4, -0.2) is 17.3 Å². The molecule has 0 aliphatic rings. The molecule has 0 saturated carbocycles. The van der Waals surface area contributed by atoms with Crippen LogP contribution in [0.25, 0.3) is 10.9 Å². The number of benzene rings is 1. The fourth-order valence-corrected chi connectivity index (χ4v) is 2.40. The molecule has 0 amide bonds. The number of Topliss-reactive ketones (excluding diaryl/α,β-unsaturated/α-hetero) is 1. The van der Waals surface area contributed by atoms with Crippen LogP contribution in [0.4, 0.5) is 0 Å². The molecule has 0 saturated heterocycles. The van der Waals surface area contributed by atoms with Crippen LogP contribution in [0.2, 0.25) is 0 Å². The van der Waals surface area contributed by atoms with Gasteiger partial charge in [-0.1, -0.05) is 32.0 Å². The predicted octanol–water partition coefficient (Wildman–Crippen LogP) is 2.58. The van der Waals surface area contributed by atoms with E-state index in [1.165, 1.54) is 0 Å². The molecule has 3 heteroatoms. The maximum Gasteiger partial charge on any atom is 0.141 e. The Morgan fingerprint density at radius 1 is 1.26 bits per heavy atom. The van der Waals surface area contributed by atoms with Crippen molar-refractivity contribution in [3.8, 4) is 0 Å². The number of aromatic nitrogens is 1. The normalized spacial score (nSPS) is 12.8. The molecule has 19 heavy (non-hydrogen) atoms. The van der Waals surface area contributed by atoms with Crippen molar-refractivity contribution in [1.82, 2.24) is 4.98 Å². The molecule has 1 unspecified atom stereocenters. The van der Waals surface area contributed by atoms with Crippen LogP contribution in [0.5, 0.6) is 0 Å². The van der Waals surface area contributed by atoms with E-state index >= 15 is 0 Å². The predicted molar refractivity (Wildman–Crippen MR) is 77.8 cm³/mol. The number of nitrogens with two attached hydrogens (primary N) is 1. The number of carbonyl (C=O) groups is 1. The molecule has 0 spiro atoms. The molecule has 0 bridgehead atoms. The minimum absolute atomic E-state index is 0.0630. The van der Waals surface area contributed by atoms with Gasteiger partial charge < -0.3 is 5.73 Å². The van der Waals surface area contributed by atoms with Gasteiger partial charge in [-0.15, -0.1) is 0 Å². The SMILES string of the molecule is CC(C)C(CN)C(=O)Cc1ccnc2ccccc12. The van der Waals surface area contributed by atoms with Crippen LogP contribution in [0.15, 0.2) is 36.5 Å². The molecule has 0 radical (unpaired) electrons. The molecule has 1 aromatic carbocycles. The molecule has 2 rings (SSSR count). The van der Waals surface area contributed by atoms with Gasteiger partial charge in [-0.25, -0.2) is 0 Å².